The van der Waals surface area contributed by atoms with Crippen LogP contribution in [0.1, 0.15) is 11.4 Å². The van der Waals surface area contributed by atoms with Crippen molar-refractivity contribution in [3.05, 3.63) is 82.8 Å². The number of nitrogens with zero attached hydrogens (tertiary/aromatic N) is 4. The Hall–Kier alpha value is -3.61. The van der Waals surface area contributed by atoms with E-state index in [4.69, 9.17) is 4.74 Å². The van der Waals surface area contributed by atoms with Crippen LogP contribution >= 0.6 is 0 Å². The molecule has 0 bridgehead atoms. The van der Waals surface area contributed by atoms with E-state index in [0.717, 1.165) is 16.7 Å². The zero-order valence-corrected chi connectivity index (χ0v) is 15.1. The fraction of sp³-hybridized carbons (Fsp3) is 0.150. The molecular weight excluding hydrogens is 342 g/mol. The second kappa shape index (κ2) is 6.95. The van der Waals surface area contributed by atoms with Crippen LogP contribution < -0.4 is 10.4 Å². The Balaban J connectivity index is 1.75. The molecule has 0 saturated carbocycles. The van der Waals surface area contributed by atoms with Crippen molar-refractivity contribution in [2.75, 3.05) is 7.11 Å². The summed E-state index contributed by atoms with van der Waals surface area (Å²) in [5.41, 5.74) is 3.37. The quantitative estimate of drug-likeness (QED) is 0.593. The van der Waals surface area contributed by atoms with Gasteiger partial charge in [-0.05, 0) is 24.6 Å². The third kappa shape index (κ3) is 3.15. The largest absolute Gasteiger partial charge is 0.496 e. The molecule has 0 saturated heterocycles. The first-order chi connectivity index (χ1) is 13.2. The van der Waals surface area contributed by atoms with E-state index in [-0.39, 0.29) is 5.69 Å². The summed E-state index contributed by atoms with van der Waals surface area (Å²) in [7, 11) is 1.61. The second-order valence-corrected chi connectivity index (χ2v) is 6.18. The van der Waals surface area contributed by atoms with Crippen molar-refractivity contribution in [1.82, 2.24) is 24.5 Å². The van der Waals surface area contributed by atoms with Crippen LogP contribution in [0.2, 0.25) is 0 Å². The highest BCUT2D eigenvalue weighted by Gasteiger charge is 2.15. The van der Waals surface area contributed by atoms with Gasteiger partial charge < -0.3 is 4.74 Å². The Labute approximate surface area is 155 Å². The van der Waals surface area contributed by atoms with Crippen LogP contribution in [0.3, 0.4) is 0 Å². The molecule has 0 fully saturated rings. The Morgan fingerprint density at radius 2 is 1.96 bits per heavy atom. The smallest absolute Gasteiger partial charge is 0.350 e. The number of nitrogens with one attached hydrogen (secondary N) is 1. The zero-order valence-electron chi connectivity index (χ0n) is 15.1. The van der Waals surface area contributed by atoms with E-state index >= 15 is 0 Å². The molecule has 0 spiro atoms. The number of aryl methyl sites for hydroxylation is 1. The molecule has 0 unspecified atom stereocenters. The number of ether oxygens (including phenoxy) is 1. The molecule has 27 heavy (non-hydrogen) atoms. The lowest BCUT2D eigenvalue weighted by molar-refractivity contribution is 0.416. The van der Waals surface area contributed by atoms with Crippen molar-refractivity contribution in [1.29, 1.82) is 0 Å². The number of hydrogen-bond acceptors (Lipinski definition) is 4. The van der Waals surface area contributed by atoms with Crippen LogP contribution in [0.4, 0.5) is 0 Å². The molecule has 0 atom stereocenters. The lowest BCUT2D eigenvalue weighted by Gasteiger charge is -2.10. The molecule has 7 heteroatoms. The van der Waals surface area contributed by atoms with Crippen LogP contribution in [0.25, 0.3) is 16.8 Å². The molecule has 0 aliphatic carbocycles. The monoisotopic (exact) mass is 361 g/mol. The van der Waals surface area contributed by atoms with Crippen molar-refractivity contribution < 1.29 is 4.74 Å². The topological polar surface area (TPSA) is 77.7 Å². The van der Waals surface area contributed by atoms with E-state index in [1.807, 2.05) is 55.5 Å². The van der Waals surface area contributed by atoms with Crippen molar-refractivity contribution >= 4 is 0 Å². The number of benzene rings is 2. The summed E-state index contributed by atoms with van der Waals surface area (Å²) in [5.74, 6) is 1.28. The third-order valence-electron chi connectivity index (χ3n) is 4.43. The van der Waals surface area contributed by atoms with Gasteiger partial charge in [0.05, 0.1) is 25.5 Å². The first-order valence-electron chi connectivity index (χ1n) is 8.55. The minimum absolute atomic E-state index is 0.186. The third-order valence-corrected chi connectivity index (χ3v) is 4.43. The van der Waals surface area contributed by atoms with Gasteiger partial charge >= 0.3 is 5.69 Å². The summed E-state index contributed by atoms with van der Waals surface area (Å²) >= 11 is 0. The highest BCUT2D eigenvalue weighted by molar-refractivity contribution is 5.71. The Bertz CT molecular complexity index is 1110. The van der Waals surface area contributed by atoms with E-state index < -0.39 is 0 Å². The highest BCUT2D eigenvalue weighted by atomic mass is 16.5. The van der Waals surface area contributed by atoms with E-state index in [9.17, 15) is 4.79 Å². The van der Waals surface area contributed by atoms with Gasteiger partial charge in [-0.3, -0.25) is 5.10 Å². The predicted octanol–water partition coefficient (Wildman–Crippen LogP) is 2.79. The van der Waals surface area contributed by atoms with Crippen LogP contribution in [0.15, 0.2) is 65.7 Å². The van der Waals surface area contributed by atoms with Gasteiger partial charge in [0.25, 0.3) is 0 Å². The van der Waals surface area contributed by atoms with Gasteiger partial charge in [-0.15, -0.1) is 0 Å². The van der Waals surface area contributed by atoms with Crippen LogP contribution in [-0.2, 0) is 6.54 Å². The van der Waals surface area contributed by atoms with E-state index in [0.29, 0.717) is 23.8 Å². The summed E-state index contributed by atoms with van der Waals surface area (Å²) in [5, 5.41) is 11.2. The fourth-order valence-corrected chi connectivity index (χ4v) is 3.13. The average molecular weight is 361 g/mol. The van der Waals surface area contributed by atoms with Crippen molar-refractivity contribution in [3.8, 4) is 22.6 Å². The summed E-state index contributed by atoms with van der Waals surface area (Å²) < 4.78 is 8.59. The molecule has 7 nitrogen and oxygen atoms in total. The Morgan fingerprint density at radius 1 is 1.15 bits per heavy atom. The van der Waals surface area contributed by atoms with E-state index in [1.54, 1.807) is 24.1 Å². The summed E-state index contributed by atoms with van der Waals surface area (Å²) in [6, 6.07) is 15.4. The number of hydrogen-bond donors (Lipinski definition) is 1. The standard InChI is InChI=1S/C20H19N5O2/c1-14-23-24(13-15-6-4-3-5-7-15)20(26)25(14)17-8-9-18(19(10-17)27-2)16-11-21-22-12-16/h3-12H,13H2,1-2H3,(H,21,22). The minimum atomic E-state index is -0.186. The van der Waals surface area contributed by atoms with Gasteiger partial charge in [0, 0.05) is 23.4 Å². The van der Waals surface area contributed by atoms with Crippen LogP contribution in [-0.4, -0.2) is 31.7 Å². The normalized spacial score (nSPS) is 10.9. The Kier molecular flexibility index (Phi) is 4.33. The number of methoxy groups -OCH3 is 1. The molecule has 2 aromatic carbocycles. The number of aromatic nitrogens is 5. The van der Waals surface area contributed by atoms with Gasteiger partial charge in [-0.25, -0.2) is 14.0 Å². The molecule has 0 amide bonds. The maximum absolute atomic E-state index is 12.9. The fourth-order valence-electron chi connectivity index (χ4n) is 3.13. The average Bonchev–Trinajstić information content (AvgIpc) is 3.31. The summed E-state index contributed by atoms with van der Waals surface area (Å²) in [4.78, 5) is 12.9. The molecular formula is C20H19N5O2. The van der Waals surface area contributed by atoms with E-state index in [2.05, 4.69) is 15.3 Å². The number of H-pyrrole nitrogens is 1. The first kappa shape index (κ1) is 16.8. The molecule has 0 aliphatic heterocycles. The molecule has 1 N–H and O–H groups in total. The maximum Gasteiger partial charge on any atom is 0.350 e. The lowest BCUT2D eigenvalue weighted by atomic mass is 10.1. The highest BCUT2D eigenvalue weighted by Crippen LogP contribution is 2.31. The first-order valence-corrected chi connectivity index (χ1v) is 8.55. The molecule has 4 rings (SSSR count). The second-order valence-electron chi connectivity index (χ2n) is 6.18. The van der Waals surface area contributed by atoms with Gasteiger partial charge in [0.2, 0.25) is 0 Å². The van der Waals surface area contributed by atoms with Crippen molar-refractivity contribution in [2.24, 2.45) is 0 Å². The molecule has 0 aliphatic rings. The summed E-state index contributed by atoms with van der Waals surface area (Å²) in [6.07, 6.45) is 3.53. The Morgan fingerprint density at radius 3 is 2.67 bits per heavy atom. The van der Waals surface area contributed by atoms with Crippen LogP contribution in [0, 0.1) is 6.92 Å². The summed E-state index contributed by atoms with van der Waals surface area (Å²) in [6.45, 7) is 2.25. The molecule has 4 aromatic rings. The van der Waals surface area contributed by atoms with Gasteiger partial charge in [0.1, 0.15) is 11.6 Å². The van der Waals surface area contributed by atoms with Gasteiger partial charge in [0.15, 0.2) is 0 Å². The molecule has 0 radical (unpaired) electrons. The predicted molar refractivity (Wildman–Crippen MR) is 102 cm³/mol. The van der Waals surface area contributed by atoms with Crippen molar-refractivity contribution in [3.63, 3.8) is 0 Å². The lowest BCUT2D eigenvalue weighted by Crippen LogP contribution is -2.24. The van der Waals surface area contributed by atoms with Crippen molar-refractivity contribution in [2.45, 2.75) is 13.5 Å². The molecule has 136 valence electrons. The zero-order chi connectivity index (χ0) is 18.8. The molecule has 2 aromatic heterocycles. The number of rotatable bonds is 5. The van der Waals surface area contributed by atoms with Gasteiger partial charge in [-0.2, -0.15) is 10.2 Å². The minimum Gasteiger partial charge on any atom is -0.496 e. The van der Waals surface area contributed by atoms with E-state index in [1.165, 1.54) is 4.68 Å². The maximum atomic E-state index is 12.9. The molecule has 2 heterocycles. The van der Waals surface area contributed by atoms with Crippen LogP contribution in [0.5, 0.6) is 5.75 Å². The SMILES string of the molecule is COc1cc(-n2c(C)nn(Cc3ccccc3)c2=O)ccc1-c1cn[nH]c1. The number of aromatic amines is 1. The van der Waals surface area contributed by atoms with Gasteiger partial charge in [-0.1, -0.05) is 30.3 Å².